The number of thiophene rings is 1. The van der Waals surface area contributed by atoms with E-state index in [9.17, 15) is 0 Å². The summed E-state index contributed by atoms with van der Waals surface area (Å²) in [7, 11) is 1.68. The van der Waals surface area contributed by atoms with Crippen LogP contribution < -0.4 is 4.74 Å². The topological polar surface area (TPSA) is 39.4 Å². The van der Waals surface area contributed by atoms with Crippen molar-refractivity contribution in [3.05, 3.63) is 52.3 Å². The maximum Gasteiger partial charge on any atom is 0.159 e. The summed E-state index contributed by atoms with van der Waals surface area (Å²) in [6, 6.07) is 12.6. The van der Waals surface area contributed by atoms with Gasteiger partial charge in [0.25, 0.3) is 0 Å². The Hall–Kier alpha value is -2.40. The van der Waals surface area contributed by atoms with E-state index in [1.165, 1.54) is 4.88 Å². The molecule has 0 bridgehead atoms. The maximum atomic E-state index is 5.27. The second-order valence-electron chi connectivity index (χ2n) is 6.04. The van der Waals surface area contributed by atoms with Gasteiger partial charge in [-0.15, -0.1) is 11.3 Å². The summed E-state index contributed by atoms with van der Waals surface area (Å²) in [6.45, 7) is 4.16. The Morgan fingerprint density at radius 1 is 1.17 bits per heavy atom. The number of aromatic nitrogens is 2. The highest BCUT2D eigenvalue weighted by molar-refractivity contribution is 7.10. The molecule has 24 heavy (non-hydrogen) atoms. The van der Waals surface area contributed by atoms with Crippen LogP contribution in [-0.4, -0.2) is 22.6 Å². The van der Waals surface area contributed by atoms with Crippen LogP contribution in [0.25, 0.3) is 11.1 Å². The molecule has 0 fully saturated rings. The van der Waals surface area contributed by atoms with Gasteiger partial charge in [-0.2, -0.15) is 5.10 Å². The number of rotatable bonds is 3. The zero-order chi connectivity index (χ0) is 16.7. The first-order chi connectivity index (χ1) is 11.7. The van der Waals surface area contributed by atoms with E-state index in [1.807, 2.05) is 12.1 Å². The normalized spacial score (nSPS) is 16.6. The fraction of sp³-hybridized carbons (Fsp3) is 0.263. The van der Waals surface area contributed by atoms with Crippen LogP contribution in [0.3, 0.4) is 0 Å². The second kappa shape index (κ2) is 5.91. The standard InChI is InChI=1S/C19H19N3OS/c1-12-11-16(17-5-4-10-24-17)22-19(20-12)18(13(2)21-22)14-6-8-15(23-3)9-7-14/h4-10,16H,11H2,1-3H3. The van der Waals surface area contributed by atoms with E-state index >= 15 is 0 Å². The summed E-state index contributed by atoms with van der Waals surface area (Å²) in [6.07, 6.45) is 0.913. The molecular formula is C19H19N3OS. The minimum atomic E-state index is 0.239. The molecule has 4 rings (SSSR count). The molecule has 3 heterocycles. The third-order valence-electron chi connectivity index (χ3n) is 4.39. The lowest BCUT2D eigenvalue weighted by atomic mass is 10.0. The first-order valence-electron chi connectivity index (χ1n) is 7.98. The van der Waals surface area contributed by atoms with Gasteiger partial charge >= 0.3 is 0 Å². The Morgan fingerprint density at radius 3 is 2.62 bits per heavy atom. The SMILES string of the molecule is COc1ccc(-c2c(C)nn3c2N=C(C)CC3c2cccs2)cc1. The molecule has 0 saturated heterocycles. The highest BCUT2D eigenvalue weighted by Crippen LogP contribution is 2.41. The Kier molecular flexibility index (Phi) is 3.73. The number of aliphatic imine (C=N–C) groups is 1. The summed E-state index contributed by atoms with van der Waals surface area (Å²) in [5.41, 5.74) is 4.39. The lowest BCUT2D eigenvalue weighted by molar-refractivity contribution is 0.415. The van der Waals surface area contributed by atoms with Crippen molar-refractivity contribution in [2.75, 3.05) is 7.11 Å². The van der Waals surface area contributed by atoms with Crippen LogP contribution >= 0.6 is 11.3 Å². The van der Waals surface area contributed by atoms with Gasteiger partial charge in [0, 0.05) is 22.6 Å². The van der Waals surface area contributed by atoms with Crippen molar-refractivity contribution in [1.29, 1.82) is 0 Å². The molecule has 0 saturated carbocycles. The molecule has 0 spiro atoms. The Labute approximate surface area is 145 Å². The lowest BCUT2D eigenvalue weighted by Gasteiger charge is -2.22. The van der Waals surface area contributed by atoms with Crippen molar-refractivity contribution in [1.82, 2.24) is 9.78 Å². The third kappa shape index (κ3) is 2.45. The van der Waals surface area contributed by atoms with Gasteiger partial charge in [0.2, 0.25) is 0 Å². The molecule has 0 aliphatic carbocycles. The second-order valence-corrected chi connectivity index (χ2v) is 7.02. The van der Waals surface area contributed by atoms with Gasteiger partial charge in [-0.25, -0.2) is 9.67 Å². The molecule has 0 amide bonds. The molecule has 0 N–H and O–H groups in total. The summed E-state index contributed by atoms with van der Waals surface area (Å²) in [5, 5.41) is 6.95. The van der Waals surface area contributed by atoms with E-state index in [1.54, 1.807) is 18.4 Å². The van der Waals surface area contributed by atoms with Gasteiger partial charge < -0.3 is 4.74 Å². The van der Waals surface area contributed by atoms with Crippen LogP contribution in [0.15, 0.2) is 46.8 Å². The monoisotopic (exact) mass is 337 g/mol. The van der Waals surface area contributed by atoms with E-state index in [-0.39, 0.29) is 6.04 Å². The quantitative estimate of drug-likeness (QED) is 0.673. The highest BCUT2D eigenvalue weighted by Gasteiger charge is 2.28. The first kappa shape index (κ1) is 15.1. The van der Waals surface area contributed by atoms with Gasteiger partial charge in [0.15, 0.2) is 5.82 Å². The molecule has 1 aromatic carbocycles. The van der Waals surface area contributed by atoms with Crippen molar-refractivity contribution in [3.8, 4) is 16.9 Å². The van der Waals surface area contributed by atoms with Crippen molar-refractivity contribution >= 4 is 22.9 Å². The zero-order valence-electron chi connectivity index (χ0n) is 14.0. The van der Waals surface area contributed by atoms with Crippen LogP contribution in [-0.2, 0) is 0 Å². The van der Waals surface area contributed by atoms with Gasteiger partial charge in [-0.3, -0.25) is 0 Å². The molecule has 0 radical (unpaired) electrons. The third-order valence-corrected chi connectivity index (χ3v) is 5.36. The lowest BCUT2D eigenvalue weighted by Crippen LogP contribution is -2.18. The van der Waals surface area contributed by atoms with Crippen LogP contribution in [0.1, 0.15) is 30.0 Å². The summed E-state index contributed by atoms with van der Waals surface area (Å²) < 4.78 is 7.36. The largest absolute Gasteiger partial charge is 0.497 e. The zero-order valence-corrected chi connectivity index (χ0v) is 14.8. The molecule has 122 valence electrons. The molecule has 5 heteroatoms. The van der Waals surface area contributed by atoms with Crippen LogP contribution in [0.2, 0.25) is 0 Å². The highest BCUT2D eigenvalue weighted by atomic mass is 32.1. The smallest absolute Gasteiger partial charge is 0.159 e. The van der Waals surface area contributed by atoms with Crippen LogP contribution in [0.5, 0.6) is 5.75 Å². The molecule has 1 aliphatic heterocycles. The number of hydrogen-bond donors (Lipinski definition) is 0. The maximum absolute atomic E-state index is 5.27. The van der Waals surface area contributed by atoms with Gasteiger partial charge in [-0.1, -0.05) is 18.2 Å². The van der Waals surface area contributed by atoms with Crippen LogP contribution in [0.4, 0.5) is 5.82 Å². The molecule has 3 aromatic rings. The minimum Gasteiger partial charge on any atom is -0.497 e. The fourth-order valence-electron chi connectivity index (χ4n) is 3.25. The summed E-state index contributed by atoms with van der Waals surface area (Å²) >= 11 is 1.78. The predicted octanol–water partition coefficient (Wildman–Crippen LogP) is 5.01. The Balaban J connectivity index is 1.86. The molecule has 2 aromatic heterocycles. The van der Waals surface area contributed by atoms with Crippen molar-refractivity contribution in [3.63, 3.8) is 0 Å². The number of hydrogen-bond acceptors (Lipinski definition) is 4. The van der Waals surface area contributed by atoms with Crippen molar-refractivity contribution in [2.45, 2.75) is 26.3 Å². The number of benzene rings is 1. The van der Waals surface area contributed by atoms with E-state index < -0.39 is 0 Å². The molecule has 4 nitrogen and oxygen atoms in total. The van der Waals surface area contributed by atoms with Crippen LogP contribution in [0, 0.1) is 6.92 Å². The Morgan fingerprint density at radius 2 is 1.96 bits per heavy atom. The Bertz CT molecular complexity index is 892. The average molecular weight is 337 g/mol. The van der Waals surface area contributed by atoms with Crippen molar-refractivity contribution < 1.29 is 4.74 Å². The number of nitrogens with zero attached hydrogens (tertiary/aromatic N) is 3. The van der Waals surface area contributed by atoms with Gasteiger partial charge in [0.05, 0.1) is 18.8 Å². The fourth-order valence-corrected chi connectivity index (χ4v) is 4.06. The van der Waals surface area contributed by atoms with Gasteiger partial charge in [0.1, 0.15) is 5.75 Å². The summed E-state index contributed by atoms with van der Waals surface area (Å²) in [5.74, 6) is 1.81. The van der Waals surface area contributed by atoms with E-state index in [4.69, 9.17) is 14.8 Å². The number of aryl methyl sites for hydroxylation is 1. The van der Waals surface area contributed by atoms with Gasteiger partial charge in [-0.05, 0) is 43.0 Å². The molecule has 1 atom stereocenters. The first-order valence-corrected chi connectivity index (χ1v) is 8.86. The molecular weight excluding hydrogens is 318 g/mol. The number of ether oxygens (including phenoxy) is 1. The molecule has 1 aliphatic rings. The predicted molar refractivity (Wildman–Crippen MR) is 98.8 cm³/mol. The average Bonchev–Trinajstić information content (AvgIpc) is 3.22. The van der Waals surface area contributed by atoms with E-state index in [0.29, 0.717) is 0 Å². The molecule has 1 unspecified atom stereocenters. The summed E-state index contributed by atoms with van der Waals surface area (Å²) in [4.78, 5) is 6.16. The number of methoxy groups -OCH3 is 1. The van der Waals surface area contributed by atoms with E-state index in [0.717, 1.165) is 40.5 Å². The van der Waals surface area contributed by atoms with E-state index in [2.05, 4.69) is 48.2 Å². The number of fused-ring (bicyclic) bond motifs is 1. The van der Waals surface area contributed by atoms with Crippen molar-refractivity contribution in [2.24, 2.45) is 4.99 Å². The minimum absolute atomic E-state index is 0.239.